The second-order valence-electron chi connectivity index (χ2n) is 7.92. The van der Waals surface area contributed by atoms with Crippen molar-refractivity contribution in [1.82, 2.24) is 4.90 Å². The summed E-state index contributed by atoms with van der Waals surface area (Å²) in [4.78, 5) is 28.5. The molecule has 0 saturated carbocycles. The van der Waals surface area contributed by atoms with Crippen molar-refractivity contribution in [1.29, 1.82) is 0 Å². The van der Waals surface area contributed by atoms with Gasteiger partial charge in [0.1, 0.15) is 6.61 Å². The van der Waals surface area contributed by atoms with Gasteiger partial charge in [0.05, 0.1) is 0 Å². The first-order chi connectivity index (χ1) is 15.1. The minimum atomic E-state index is -0.404. The number of carbonyl (C=O) groups is 2. The molecule has 0 aromatic heterocycles. The van der Waals surface area contributed by atoms with Crippen LogP contribution < -0.4 is 0 Å². The van der Waals surface area contributed by atoms with Gasteiger partial charge in [0.2, 0.25) is 0 Å². The SMILES string of the molecule is CCCCCC(Sc1ccccc1)C1=CN(C(=O)OCc2ccccc2)C(C)CC1=O. The minimum Gasteiger partial charge on any atom is -0.444 e. The molecule has 2 aromatic carbocycles. The number of thioether (sulfide) groups is 1. The summed E-state index contributed by atoms with van der Waals surface area (Å²) >= 11 is 1.71. The summed E-state index contributed by atoms with van der Waals surface area (Å²) < 4.78 is 5.54. The fraction of sp³-hybridized carbons (Fsp3) is 0.385. The number of ketones is 1. The summed E-state index contributed by atoms with van der Waals surface area (Å²) in [5, 5.41) is 0.0263. The number of benzene rings is 2. The average molecular weight is 438 g/mol. The molecule has 0 aliphatic carbocycles. The van der Waals surface area contributed by atoms with Crippen LogP contribution in [-0.2, 0) is 16.1 Å². The maximum absolute atomic E-state index is 13.0. The van der Waals surface area contributed by atoms with Crippen molar-refractivity contribution < 1.29 is 14.3 Å². The third-order valence-corrected chi connectivity index (χ3v) is 6.73. The fourth-order valence-corrected chi connectivity index (χ4v) is 4.89. The summed E-state index contributed by atoms with van der Waals surface area (Å²) in [6.45, 7) is 4.29. The number of Topliss-reactive ketones (excluding diaryl/α,β-unsaturated/α-hetero) is 1. The second-order valence-corrected chi connectivity index (χ2v) is 9.20. The Morgan fingerprint density at radius 2 is 1.77 bits per heavy atom. The highest BCUT2D eigenvalue weighted by atomic mass is 32.2. The van der Waals surface area contributed by atoms with E-state index in [9.17, 15) is 9.59 Å². The number of carbonyl (C=O) groups excluding carboxylic acids is 2. The first-order valence-electron chi connectivity index (χ1n) is 11.0. The van der Waals surface area contributed by atoms with Crippen molar-refractivity contribution in [3.05, 3.63) is 78.0 Å². The van der Waals surface area contributed by atoms with E-state index in [0.29, 0.717) is 6.42 Å². The highest BCUT2D eigenvalue weighted by Gasteiger charge is 2.33. The van der Waals surface area contributed by atoms with Crippen molar-refractivity contribution >= 4 is 23.6 Å². The smallest absolute Gasteiger partial charge is 0.414 e. The lowest BCUT2D eigenvalue weighted by Gasteiger charge is -2.32. The van der Waals surface area contributed by atoms with E-state index in [1.54, 1.807) is 22.9 Å². The molecule has 0 spiro atoms. The number of ether oxygens (including phenoxy) is 1. The summed E-state index contributed by atoms with van der Waals surface area (Å²) in [5.41, 5.74) is 1.66. The number of unbranched alkanes of at least 4 members (excludes halogenated alkanes) is 2. The molecule has 4 nitrogen and oxygen atoms in total. The first kappa shape index (κ1) is 23.1. The molecule has 2 atom stereocenters. The zero-order valence-electron chi connectivity index (χ0n) is 18.3. The number of nitrogens with zero attached hydrogens (tertiary/aromatic N) is 1. The van der Waals surface area contributed by atoms with Crippen LogP contribution in [0.3, 0.4) is 0 Å². The van der Waals surface area contributed by atoms with Gasteiger partial charge in [0, 0.05) is 34.4 Å². The molecule has 1 amide bonds. The van der Waals surface area contributed by atoms with E-state index in [4.69, 9.17) is 4.74 Å². The fourth-order valence-electron chi connectivity index (χ4n) is 3.64. The summed E-state index contributed by atoms with van der Waals surface area (Å²) in [6.07, 6.45) is 5.89. The molecule has 0 N–H and O–H groups in total. The molecular formula is C26H31NO3S. The molecule has 0 bridgehead atoms. The van der Waals surface area contributed by atoms with Gasteiger partial charge in [-0.1, -0.05) is 74.7 Å². The first-order valence-corrected chi connectivity index (χ1v) is 11.9. The van der Waals surface area contributed by atoms with Gasteiger partial charge in [0.15, 0.2) is 5.78 Å². The maximum atomic E-state index is 13.0. The summed E-state index contributed by atoms with van der Waals surface area (Å²) in [6, 6.07) is 19.6. The molecule has 0 saturated heterocycles. The number of hydrogen-bond donors (Lipinski definition) is 0. The van der Waals surface area contributed by atoms with Crippen LogP contribution in [0.25, 0.3) is 0 Å². The van der Waals surface area contributed by atoms with Gasteiger partial charge in [-0.05, 0) is 31.0 Å². The predicted molar refractivity (Wildman–Crippen MR) is 126 cm³/mol. The van der Waals surface area contributed by atoms with Crippen LogP contribution in [0.5, 0.6) is 0 Å². The van der Waals surface area contributed by atoms with Crippen LogP contribution in [0.15, 0.2) is 77.3 Å². The Labute approximate surface area is 189 Å². The Kier molecular flexibility index (Phi) is 8.77. The van der Waals surface area contributed by atoms with E-state index in [0.717, 1.165) is 41.7 Å². The lowest BCUT2D eigenvalue weighted by atomic mass is 9.95. The van der Waals surface area contributed by atoms with Gasteiger partial charge in [0.25, 0.3) is 0 Å². The molecule has 31 heavy (non-hydrogen) atoms. The Balaban J connectivity index is 1.77. The molecule has 1 heterocycles. The van der Waals surface area contributed by atoms with Crippen molar-refractivity contribution in [2.75, 3.05) is 0 Å². The highest BCUT2D eigenvalue weighted by molar-refractivity contribution is 8.00. The van der Waals surface area contributed by atoms with Crippen molar-refractivity contribution in [3.8, 4) is 0 Å². The Morgan fingerprint density at radius 1 is 1.10 bits per heavy atom. The van der Waals surface area contributed by atoms with Gasteiger partial charge in [-0.3, -0.25) is 9.69 Å². The monoisotopic (exact) mass is 437 g/mol. The molecule has 5 heteroatoms. The molecule has 3 rings (SSSR count). The lowest BCUT2D eigenvalue weighted by Crippen LogP contribution is -2.41. The van der Waals surface area contributed by atoms with Crippen molar-refractivity contribution in [2.45, 2.75) is 68.7 Å². The van der Waals surface area contributed by atoms with Gasteiger partial charge < -0.3 is 4.74 Å². The standard InChI is InChI=1S/C26H31NO3S/c1-3-4-7-16-25(31-22-14-10-6-11-15-22)23-18-27(20(2)17-24(23)28)26(29)30-19-21-12-8-5-9-13-21/h5-6,8-15,18,20,25H,3-4,7,16-17,19H2,1-2H3. The second kappa shape index (κ2) is 11.8. The van der Waals surface area contributed by atoms with Gasteiger partial charge in [-0.2, -0.15) is 0 Å². The van der Waals surface area contributed by atoms with Crippen LogP contribution in [0, 0.1) is 0 Å². The summed E-state index contributed by atoms with van der Waals surface area (Å²) in [5.74, 6) is 0.129. The van der Waals surface area contributed by atoms with E-state index in [1.165, 1.54) is 0 Å². The minimum absolute atomic E-state index is 0.0263. The van der Waals surface area contributed by atoms with E-state index in [2.05, 4.69) is 19.1 Å². The molecule has 1 aliphatic rings. The molecule has 2 unspecified atom stereocenters. The molecule has 0 fully saturated rings. The van der Waals surface area contributed by atoms with Crippen LogP contribution in [0.2, 0.25) is 0 Å². The topological polar surface area (TPSA) is 46.6 Å². The molecular weight excluding hydrogens is 406 g/mol. The normalized spacial score (nSPS) is 17.2. The summed E-state index contributed by atoms with van der Waals surface area (Å²) in [7, 11) is 0. The van der Waals surface area contributed by atoms with E-state index < -0.39 is 6.09 Å². The number of hydrogen-bond acceptors (Lipinski definition) is 4. The van der Waals surface area contributed by atoms with E-state index in [-0.39, 0.29) is 23.7 Å². The largest absolute Gasteiger partial charge is 0.444 e. The van der Waals surface area contributed by atoms with E-state index in [1.807, 2.05) is 55.5 Å². The van der Waals surface area contributed by atoms with Gasteiger partial charge in [-0.25, -0.2) is 4.79 Å². The van der Waals surface area contributed by atoms with Crippen LogP contribution in [-0.4, -0.2) is 28.1 Å². The molecule has 164 valence electrons. The number of amides is 1. The molecule has 0 radical (unpaired) electrons. The molecule has 1 aliphatic heterocycles. The van der Waals surface area contributed by atoms with E-state index >= 15 is 0 Å². The Hall–Kier alpha value is -2.53. The van der Waals surface area contributed by atoms with Crippen molar-refractivity contribution in [3.63, 3.8) is 0 Å². The van der Waals surface area contributed by atoms with Crippen LogP contribution in [0.4, 0.5) is 4.79 Å². The predicted octanol–water partition coefficient (Wildman–Crippen LogP) is 6.61. The van der Waals surface area contributed by atoms with Crippen molar-refractivity contribution in [2.24, 2.45) is 0 Å². The maximum Gasteiger partial charge on any atom is 0.414 e. The Morgan fingerprint density at radius 3 is 2.45 bits per heavy atom. The zero-order chi connectivity index (χ0) is 22.1. The molecule has 2 aromatic rings. The third kappa shape index (κ3) is 6.73. The van der Waals surface area contributed by atoms with Crippen LogP contribution in [0.1, 0.15) is 51.5 Å². The van der Waals surface area contributed by atoms with Gasteiger partial charge >= 0.3 is 6.09 Å². The lowest BCUT2D eigenvalue weighted by molar-refractivity contribution is -0.117. The average Bonchev–Trinajstić information content (AvgIpc) is 2.78. The van der Waals surface area contributed by atoms with Crippen LogP contribution >= 0.6 is 11.8 Å². The zero-order valence-corrected chi connectivity index (χ0v) is 19.1. The number of rotatable bonds is 9. The Bertz CT molecular complexity index is 882. The van der Waals surface area contributed by atoms with Gasteiger partial charge in [-0.15, -0.1) is 11.8 Å². The third-order valence-electron chi connectivity index (χ3n) is 5.41. The quantitative estimate of drug-likeness (QED) is 0.327. The highest BCUT2D eigenvalue weighted by Crippen LogP contribution is 2.35.